The molecule has 4 heteroatoms. The highest BCUT2D eigenvalue weighted by Crippen LogP contribution is 2.22. The van der Waals surface area contributed by atoms with Crippen LogP contribution in [0.25, 0.3) is 0 Å². The van der Waals surface area contributed by atoms with E-state index in [1.165, 1.54) is 51.7 Å². The molecule has 1 N–H and O–H groups in total. The number of piperidine rings is 1. The third kappa shape index (κ3) is 4.45. The zero-order valence-electron chi connectivity index (χ0n) is 12.9. The highest BCUT2D eigenvalue weighted by Gasteiger charge is 2.29. The van der Waals surface area contributed by atoms with Gasteiger partial charge in [-0.3, -0.25) is 9.69 Å². The Hall–Kier alpha value is -0.610. The van der Waals surface area contributed by atoms with Crippen molar-refractivity contribution in [2.75, 3.05) is 32.7 Å². The molecule has 2 atom stereocenters. The molecule has 0 radical (unpaired) electrons. The van der Waals surface area contributed by atoms with Crippen LogP contribution in [0.1, 0.15) is 51.9 Å². The van der Waals surface area contributed by atoms with Crippen LogP contribution in [0.3, 0.4) is 0 Å². The fraction of sp³-hybridized carbons (Fsp3) is 0.938. The molecule has 116 valence electrons. The van der Waals surface area contributed by atoms with Crippen molar-refractivity contribution < 1.29 is 9.90 Å². The molecule has 0 aromatic rings. The first kappa shape index (κ1) is 15.8. The van der Waals surface area contributed by atoms with Gasteiger partial charge < -0.3 is 10.0 Å². The van der Waals surface area contributed by atoms with E-state index in [4.69, 9.17) is 0 Å². The summed E-state index contributed by atoms with van der Waals surface area (Å²) < 4.78 is 0. The van der Waals surface area contributed by atoms with Gasteiger partial charge in [0.1, 0.15) is 6.04 Å². The van der Waals surface area contributed by atoms with E-state index < -0.39 is 5.97 Å². The Morgan fingerprint density at radius 3 is 2.45 bits per heavy atom. The predicted molar refractivity (Wildman–Crippen MR) is 80.9 cm³/mol. The number of likely N-dealkylation sites (tertiary alicyclic amines) is 2. The number of carboxylic acid groups (broad SMARTS) is 1. The molecule has 2 heterocycles. The number of rotatable bonds is 5. The van der Waals surface area contributed by atoms with E-state index in [1.807, 2.05) is 6.92 Å². The zero-order chi connectivity index (χ0) is 14.4. The molecule has 20 heavy (non-hydrogen) atoms. The molecule has 0 amide bonds. The van der Waals surface area contributed by atoms with Crippen molar-refractivity contribution in [3.8, 4) is 0 Å². The maximum atomic E-state index is 11.3. The lowest BCUT2D eigenvalue weighted by Crippen LogP contribution is -2.48. The van der Waals surface area contributed by atoms with Crippen LogP contribution in [0.5, 0.6) is 0 Å². The third-order valence-corrected chi connectivity index (χ3v) is 4.88. The second kappa shape index (κ2) is 7.99. The molecule has 0 aromatic heterocycles. The van der Waals surface area contributed by atoms with Crippen molar-refractivity contribution in [2.45, 2.75) is 57.9 Å². The van der Waals surface area contributed by atoms with Gasteiger partial charge in [0.15, 0.2) is 0 Å². The Kier molecular flexibility index (Phi) is 6.30. The van der Waals surface area contributed by atoms with E-state index in [2.05, 4.69) is 9.80 Å². The van der Waals surface area contributed by atoms with Crippen LogP contribution in [0.2, 0.25) is 0 Å². The standard InChI is InChI=1S/C16H30N2O2/c1-2-15(16(19)20)18-11-7-8-14(13-18)12-17-9-5-3-4-6-10-17/h14-15H,2-13H2,1H3,(H,19,20). The van der Waals surface area contributed by atoms with Gasteiger partial charge in [0.2, 0.25) is 0 Å². The summed E-state index contributed by atoms with van der Waals surface area (Å²) in [4.78, 5) is 16.1. The SMILES string of the molecule is CCC(C(=O)O)N1CCCC(CN2CCCCCC2)C1. The summed E-state index contributed by atoms with van der Waals surface area (Å²) in [7, 11) is 0. The number of carbonyl (C=O) groups is 1. The molecular weight excluding hydrogens is 252 g/mol. The van der Waals surface area contributed by atoms with Crippen molar-refractivity contribution >= 4 is 5.97 Å². The van der Waals surface area contributed by atoms with Crippen LogP contribution in [-0.4, -0.2) is 59.6 Å². The number of nitrogens with zero attached hydrogens (tertiary/aromatic N) is 2. The van der Waals surface area contributed by atoms with Gasteiger partial charge in [-0.25, -0.2) is 0 Å². The predicted octanol–water partition coefficient (Wildman–Crippen LogP) is 2.44. The average molecular weight is 282 g/mol. The Morgan fingerprint density at radius 2 is 1.85 bits per heavy atom. The van der Waals surface area contributed by atoms with Crippen LogP contribution in [0, 0.1) is 5.92 Å². The minimum absolute atomic E-state index is 0.276. The van der Waals surface area contributed by atoms with Gasteiger partial charge in [-0.05, 0) is 57.7 Å². The zero-order valence-corrected chi connectivity index (χ0v) is 12.9. The fourth-order valence-corrected chi connectivity index (χ4v) is 3.80. The van der Waals surface area contributed by atoms with Gasteiger partial charge >= 0.3 is 5.97 Å². The molecule has 4 nitrogen and oxygen atoms in total. The van der Waals surface area contributed by atoms with Gasteiger partial charge in [-0.2, -0.15) is 0 Å². The monoisotopic (exact) mass is 282 g/mol. The molecule has 2 unspecified atom stereocenters. The van der Waals surface area contributed by atoms with E-state index in [-0.39, 0.29) is 6.04 Å². The minimum Gasteiger partial charge on any atom is -0.480 e. The first-order valence-corrected chi connectivity index (χ1v) is 8.40. The summed E-state index contributed by atoms with van der Waals surface area (Å²) in [5, 5.41) is 9.32. The van der Waals surface area contributed by atoms with E-state index in [0.29, 0.717) is 12.3 Å². The number of hydrogen-bond donors (Lipinski definition) is 1. The highest BCUT2D eigenvalue weighted by atomic mass is 16.4. The van der Waals surface area contributed by atoms with E-state index in [1.54, 1.807) is 0 Å². The molecule has 2 saturated heterocycles. The maximum Gasteiger partial charge on any atom is 0.320 e. The number of aliphatic carboxylic acids is 1. The summed E-state index contributed by atoms with van der Waals surface area (Å²) in [5.74, 6) is 0.0122. The molecule has 0 saturated carbocycles. The van der Waals surface area contributed by atoms with Gasteiger partial charge in [-0.1, -0.05) is 19.8 Å². The fourth-order valence-electron chi connectivity index (χ4n) is 3.80. The summed E-state index contributed by atoms with van der Waals surface area (Å²) >= 11 is 0. The molecule has 0 spiro atoms. The van der Waals surface area contributed by atoms with Crippen LogP contribution in [-0.2, 0) is 4.79 Å². The Balaban J connectivity index is 1.84. The first-order chi connectivity index (χ1) is 9.70. The van der Waals surface area contributed by atoms with Crippen molar-refractivity contribution in [3.63, 3.8) is 0 Å². The molecule has 0 aromatic carbocycles. The molecular formula is C16H30N2O2. The Labute approximate surface area is 123 Å². The molecule has 2 fully saturated rings. The molecule has 2 rings (SSSR count). The lowest BCUT2D eigenvalue weighted by molar-refractivity contribution is -0.144. The average Bonchev–Trinajstić information content (AvgIpc) is 2.68. The second-order valence-electron chi connectivity index (χ2n) is 6.48. The van der Waals surface area contributed by atoms with Gasteiger partial charge in [-0.15, -0.1) is 0 Å². The number of hydrogen-bond acceptors (Lipinski definition) is 3. The first-order valence-electron chi connectivity index (χ1n) is 8.40. The number of carboxylic acids is 1. The summed E-state index contributed by atoms with van der Waals surface area (Å²) in [6.07, 6.45) is 8.57. The van der Waals surface area contributed by atoms with Gasteiger partial charge in [0.25, 0.3) is 0 Å². The van der Waals surface area contributed by atoms with Gasteiger partial charge in [0, 0.05) is 13.1 Å². The van der Waals surface area contributed by atoms with Crippen molar-refractivity contribution in [2.24, 2.45) is 5.92 Å². The topological polar surface area (TPSA) is 43.8 Å². The van der Waals surface area contributed by atoms with Gasteiger partial charge in [0.05, 0.1) is 0 Å². The summed E-state index contributed by atoms with van der Waals surface area (Å²) in [5.41, 5.74) is 0. The minimum atomic E-state index is -0.650. The largest absolute Gasteiger partial charge is 0.480 e. The van der Waals surface area contributed by atoms with Crippen molar-refractivity contribution in [3.05, 3.63) is 0 Å². The molecule has 0 aliphatic carbocycles. The van der Waals surface area contributed by atoms with Crippen LogP contribution >= 0.6 is 0 Å². The molecule has 2 aliphatic rings. The van der Waals surface area contributed by atoms with E-state index in [0.717, 1.165) is 19.5 Å². The van der Waals surface area contributed by atoms with E-state index in [9.17, 15) is 9.90 Å². The lowest BCUT2D eigenvalue weighted by Gasteiger charge is -2.38. The molecule has 2 aliphatic heterocycles. The van der Waals surface area contributed by atoms with E-state index >= 15 is 0 Å². The van der Waals surface area contributed by atoms with Crippen molar-refractivity contribution in [1.29, 1.82) is 0 Å². The van der Waals surface area contributed by atoms with Crippen molar-refractivity contribution in [1.82, 2.24) is 9.80 Å². The summed E-state index contributed by atoms with van der Waals surface area (Å²) in [6, 6.07) is -0.276. The normalized spacial score (nSPS) is 27.9. The van der Waals surface area contributed by atoms with Crippen LogP contribution in [0.4, 0.5) is 0 Å². The highest BCUT2D eigenvalue weighted by molar-refractivity contribution is 5.73. The maximum absolute atomic E-state index is 11.3. The van der Waals surface area contributed by atoms with Crippen LogP contribution in [0.15, 0.2) is 0 Å². The molecule has 0 bridgehead atoms. The quantitative estimate of drug-likeness (QED) is 0.841. The second-order valence-corrected chi connectivity index (χ2v) is 6.48. The van der Waals surface area contributed by atoms with Crippen LogP contribution < -0.4 is 0 Å². The smallest absolute Gasteiger partial charge is 0.320 e. The summed E-state index contributed by atoms with van der Waals surface area (Å²) in [6.45, 7) is 7.58. The Bertz CT molecular complexity index is 301. The third-order valence-electron chi connectivity index (χ3n) is 4.88. The Morgan fingerprint density at radius 1 is 1.15 bits per heavy atom. The lowest BCUT2D eigenvalue weighted by atomic mass is 9.95.